The predicted octanol–water partition coefficient (Wildman–Crippen LogP) is -1.46. The molecular weight excluding hydrogens is 336 g/mol. The molecule has 4 N–H and O–H groups in total. The van der Waals surface area contributed by atoms with Gasteiger partial charge >= 0.3 is 11.9 Å². The molecule has 0 radical (unpaired) electrons. The maximum absolute atomic E-state index is 12.4. The molecule has 4 atom stereocenters. The number of methoxy groups -OCH3 is 1. The predicted molar refractivity (Wildman–Crippen MR) is 81.5 cm³/mol. The highest BCUT2D eigenvalue weighted by atomic mass is 16.6. The maximum atomic E-state index is 12.4. The van der Waals surface area contributed by atoms with Crippen molar-refractivity contribution in [2.45, 2.75) is 19.1 Å². The lowest BCUT2D eigenvalue weighted by Crippen LogP contribution is -2.42. The summed E-state index contributed by atoms with van der Waals surface area (Å²) in [7, 11) is 1.24. The van der Waals surface area contributed by atoms with Crippen molar-refractivity contribution < 1.29 is 44.2 Å². The van der Waals surface area contributed by atoms with E-state index in [-0.39, 0.29) is 18.1 Å². The SMILES string of the molecule is COC(=O)C1=COC(O)C2C(C(=O)OCC(CO)(CO)CO)CCC12. The average molecular weight is 360 g/mol. The highest BCUT2D eigenvalue weighted by Crippen LogP contribution is 2.46. The third kappa shape index (κ3) is 3.79. The minimum absolute atomic E-state index is 0.267. The molecule has 0 aromatic heterocycles. The molecule has 9 heteroatoms. The van der Waals surface area contributed by atoms with Gasteiger partial charge in [-0.3, -0.25) is 4.79 Å². The minimum Gasteiger partial charge on any atom is -0.472 e. The number of carbonyl (C=O) groups is 2. The van der Waals surface area contributed by atoms with Crippen LogP contribution in [0.2, 0.25) is 0 Å². The lowest BCUT2D eigenvalue weighted by Gasteiger charge is -2.33. The van der Waals surface area contributed by atoms with E-state index in [1.165, 1.54) is 13.4 Å². The molecule has 2 rings (SSSR count). The normalized spacial score (nSPS) is 28.6. The molecule has 0 amide bonds. The molecule has 2 aliphatic rings. The van der Waals surface area contributed by atoms with E-state index in [4.69, 9.17) is 14.2 Å². The number of esters is 2. The summed E-state index contributed by atoms with van der Waals surface area (Å²) in [5.41, 5.74) is -1.06. The van der Waals surface area contributed by atoms with Crippen LogP contribution in [0.3, 0.4) is 0 Å². The van der Waals surface area contributed by atoms with E-state index < -0.39 is 55.3 Å². The van der Waals surface area contributed by atoms with Crippen LogP contribution in [0.25, 0.3) is 0 Å². The first-order chi connectivity index (χ1) is 11.9. The zero-order chi connectivity index (χ0) is 18.6. The smallest absolute Gasteiger partial charge is 0.337 e. The summed E-state index contributed by atoms with van der Waals surface area (Å²) >= 11 is 0. The lowest BCUT2D eigenvalue weighted by molar-refractivity contribution is -0.170. The summed E-state index contributed by atoms with van der Waals surface area (Å²) in [5.74, 6) is -2.95. The van der Waals surface area contributed by atoms with Gasteiger partial charge in [-0.1, -0.05) is 0 Å². The Morgan fingerprint density at radius 3 is 2.44 bits per heavy atom. The van der Waals surface area contributed by atoms with Gasteiger partial charge in [0, 0.05) is 11.8 Å². The van der Waals surface area contributed by atoms with Gasteiger partial charge in [0.2, 0.25) is 6.29 Å². The second kappa shape index (κ2) is 8.13. The number of hydrogen-bond donors (Lipinski definition) is 4. The van der Waals surface area contributed by atoms with Gasteiger partial charge in [-0.15, -0.1) is 0 Å². The first-order valence-corrected chi connectivity index (χ1v) is 8.04. The largest absolute Gasteiger partial charge is 0.472 e. The quantitative estimate of drug-likeness (QED) is 0.401. The fourth-order valence-electron chi connectivity index (χ4n) is 3.32. The van der Waals surface area contributed by atoms with Crippen LogP contribution >= 0.6 is 0 Å². The van der Waals surface area contributed by atoms with E-state index in [0.29, 0.717) is 12.8 Å². The van der Waals surface area contributed by atoms with E-state index in [9.17, 15) is 30.0 Å². The van der Waals surface area contributed by atoms with Crippen molar-refractivity contribution in [1.82, 2.24) is 0 Å². The van der Waals surface area contributed by atoms with Crippen molar-refractivity contribution in [3.63, 3.8) is 0 Å². The van der Waals surface area contributed by atoms with Gasteiger partial charge in [0.25, 0.3) is 0 Å². The number of fused-ring (bicyclic) bond motifs is 1. The molecule has 4 unspecified atom stereocenters. The van der Waals surface area contributed by atoms with Gasteiger partial charge in [-0.25, -0.2) is 4.79 Å². The van der Waals surface area contributed by atoms with Crippen molar-refractivity contribution in [3.8, 4) is 0 Å². The molecule has 1 heterocycles. The molecule has 0 saturated heterocycles. The molecule has 0 aromatic rings. The number of aliphatic hydroxyl groups excluding tert-OH is 4. The van der Waals surface area contributed by atoms with Crippen LogP contribution in [0.15, 0.2) is 11.8 Å². The lowest BCUT2D eigenvalue weighted by atomic mass is 9.83. The van der Waals surface area contributed by atoms with Crippen LogP contribution in [0, 0.1) is 23.2 Å². The molecule has 0 bridgehead atoms. The summed E-state index contributed by atoms with van der Waals surface area (Å²) in [5, 5.41) is 37.9. The van der Waals surface area contributed by atoms with Gasteiger partial charge in [-0.2, -0.15) is 0 Å². The van der Waals surface area contributed by atoms with Gasteiger partial charge in [0.05, 0.1) is 50.1 Å². The third-order valence-corrected chi connectivity index (χ3v) is 5.03. The average Bonchev–Trinajstić information content (AvgIpc) is 3.09. The fraction of sp³-hybridized carbons (Fsp3) is 0.750. The van der Waals surface area contributed by atoms with E-state index in [1.54, 1.807) is 0 Å². The standard InChI is InChI=1S/C16H24O9/c1-23-13(20)11-4-24-15(22)12-9(11)2-3-10(12)14(21)25-8-16(5-17,6-18)7-19/h4,9-10,12,15,17-19,22H,2-3,5-8H2,1H3. The fourth-order valence-corrected chi connectivity index (χ4v) is 3.32. The summed E-state index contributed by atoms with van der Waals surface area (Å²) in [6.45, 7) is -2.01. The second-order valence-electron chi connectivity index (χ2n) is 6.54. The Morgan fingerprint density at radius 1 is 1.24 bits per heavy atom. The molecule has 1 fully saturated rings. The van der Waals surface area contributed by atoms with Crippen LogP contribution in [0.4, 0.5) is 0 Å². The Labute approximate surface area is 144 Å². The van der Waals surface area contributed by atoms with Crippen LogP contribution in [0.5, 0.6) is 0 Å². The summed E-state index contributed by atoms with van der Waals surface area (Å²) in [4.78, 5) is 24.2. The Kier molecular flexibility index (Phi) is 6.39. The number of hydrogen-bond acceptors (Lipinski definition) is 9. The zero-order valence-electron chi connectivity index (χ0n) is 14.0. The molecule has 25 heavy (non-hydrogen) atoms. The van der Waals surface area contributed by atoms with Crippen LogP contribution in [0.1, 0.15) is 12.8 Å². The maximum Gasteiger partial charge on any atom is 0.337 e. The van der Waals surface area contributed by atoms with Crippen LogP contribution in [-0.4, -0.2) is 72.2 Å². The highest BCUT2D eigenvalue weighted by molar-refractivity contribution is 5.89. The van der Waals surface area contributed by atoms with E-state index in [2.05, 4.69) is 0 Å². The van der Waals surface area contributed by atoms with E-state index in [1.807, 2.05) is 0 Å². The number of aliphatic hydroxyl groups is 4. The number of rotatable bonds is 7. The second-order valence-corrected chi connectivity index (χ2v) is 6.54. The first-order valence-electron chi connectivity index (χ1n) is 8.04. The van der Waals surface area contributed by atoms with Crippen molar-refractivity contribution in [2.75, 3.05) is 33.5 Å². The number of carbonyl (C=O) groups excluding carboxylic acids is 2. The third-order valence-electron chi connectivity index (χ3n) is 5.03. The van der Waals surface area contributed by atoms with Crippen molar-refractivity contribution in [1.29, 1.82) is 0 Å². The summed E-state index contributed by atoms with van der Waals surface area (Å²) in [6, 6.07) is 0. The van der Waals surface area contributed by atoms with Crippen LogP contribution in [-0.2, 0) is 23.8 Å². The molecule has 1 aliphatic carbocycles. The molecule has 1 aliphatic heterocycles. The van der Waals surface area contributed by atoms with Crippen molar-refractivity contribution in [2.24, 2.45) is 23.2 Å². The highest BCUT2D eigenvalue weighted by Gasteiger charge is 2.51. The molecule has 9 nitrogen and oxygen atoms in total. The Balaban J connectivity index is 2.07. The van der Waals surface area contributed by atoms with Gasteiger partial charge in [0.15, 0.2) is 0 Å². The Hall–Kier alpha value is -1.68. The van der Waals surface area contributed by atoms with E-state index >= 15 is 0 Å². The zero-order valence-corrected chi connectivity index (χ0v) is 14.0. The van der Waals surface area contributed by atoms with Gasteiger partial charge in [0.1, 0.15) is 6.61 Å². The molecule has 0 spiro atoms. The Morgan fingerprint density at radius 2 is 1.88 bits per heavy atom. The molecule has 1 saturated carbocycles. The first kappa shape index (κ1) is 19.6. The van der Waals surface area contributed by atoms with Gasteiger partial charge < -0.3 is 34.6 Å². The van der Waals surface area contributed by atoms with Gasteiger partial charge in [-0.05, 0) is 12.8 Å². The molecule has 0 aromatic carbocycles. The summed E-state index contributed by atoms with van der Waals surface area (Å²) in [6.07, 6.45) is 0.779. The Bertz CT molecular complexity index is 517. The topological polar surface area (TPSA) is 143 Å². The molecular formula is C16H24O9. The monoisotopic (exact) mass is 360 g/mol. The van der Waals surface area contributed by atoms with Crippen LogP contribution < -0.4 is 0 Å². The van der Waals surface area contributed by atoms with Crippen molar-refractivity contribution in [3.05, 3.63) is 11.8 Å². The number of ether oxygens (including phenoxy) is 3. The molecule has 142 valence electrons. The van der Waals surface area contributed by atoms with Crippen molar-refractivity contribution >= 4 is 11.9 Å². The minimum atomic E-state index is -1.33. The van der Waals surface area contributed by atoms with E-state index in [0.717, 1.165) is 0 Å². The summed E-state index contributed by atoms with van der Waals surface area (Å²) < 4.78 is 14.9.